The molecule has 0 spiro atoms. The van der Waals surface area contributed by atoms with E-state index in [-0.39, 0.29) is 6.04 Å². The van der Waals surface area contributed by atoms with Crippen molar-refractivity contribution >= 4 is 17.5 Å². The lowest BCUT2D eigenvalue weighted by Crippen LogP contribution is -2.44. The molecule has 23 heavy (non-hydrogen) atoms. The molecule has 126 valence electrons. The minimum absolute atomic E-state index is 0.153. The van der Waals surface area contributed by atoms with E-state index in [1.165, 1.54) is 13.5 Å². The van der Waals surface area contributed by atoms with E-state index in [1.807, 2.05) is 0 Å². The normalized spacial score (nSPS) is 14.9. The van der Waals surface area contributed by atoms with E-state index >= 15 is 0 Å². The zero-order valence-electron chi connectivity index (χ0n) is 13.9. The molecule has 0 unspecified atom stereocenters. The molecular formula is C17H24N2O4. The Morgan fingerprint density at radius 1 is 1.13 bits per heavy atom. The molecule has 0 saturated heterocycles. The highest BCUT2D eigenvalue weighted by Crippen LogP contribution is 2.29. The average molecular weight is 320 g/mol. The van der Waals surface area contributed by atoms with Gasteiger partial charge in [-0.05, 0) is 25.0 Å². The zero-order valence-corrected chi connectivity index (χ0v) is 13.9. The third kappa shape index (κ3) is 4.15. The van der Waals surface area contributed by atoms with Gasteiger partial charge in [-0.15, -0.1) is 0 Å². The Kier molecular flexibility index (Phi) is 5.84. The summed E-state index contributed by atoms with van der Waals surface area (Å²) >= 11 is 0. The topological polar surface area (TPSA) is 67.9 Å². The Hall–Kier alpha value is -2.24. The molecule has 2 amide bonds. The van der Waals surface area contributed by atoms with Crippen LogP contribution in [0.3, 0.4) is 0 Å². The van der Waals surface area contributed by atoms with Crippen molar-refractivity contribution in [2.45, 2.75) is 38.1 Å². The molecule has 1 aromatic carbocycles. The Morgan fingerprint density at radius 3 is 2.43 bits per heavy atom. The number of ether oxygens (including phenoxy) is 2. The van der Waals surface area contributed by atoms with Crippen LogP contribution in [-0.2, 0) is 9.59 Å². The van der Waals surface area contributed by atoms with Crippen LogP contribution in [0, 0.1) is 0 Å². The van der Waals surface area contributed by atoms with Crippen LogP contribution in [0.5, 0.6) is 11.5 Å². The monoisotopic (exact) mass is 320 g/mol. The number of likely N-dealkylation sites (N-methyl/N-ethyl adjacent to an activating group) is 1. The molecule has 1 N–H and O–H groups in total. The predicted octanol–water partition coefficient (Wildman–Crippen LogP) is 2.43. The third-order valence-electron chi connectivity index (χ3n) is 4.29. The molecule has 0 atom stereocenters. The molecule has 6 heteroatoms. The summed E-state index contributed by atoms with van der Waals surface area (Å²) in [7, 11) is 4.75. The second-order valence-electron chi connectivity index (χ2n) is 5.73. The molecule has 0 bridgehead atoms. The van der Waals surface area contributed by atoms with Crippen molar-refractivity contribution in [1.82, 2.24) is 4.90 Å². The van der Waals surface area contributed by atoms with E-state index in [0.29, 0.717) is 17.2 Å². The number of rotatable bonds is 4. The molecule has 1 fully saturated rings. The van der Waals surface area contributed by atoms with Crippen LogP contribution in [0.2, 0.25) is 0 Å². The second kappa shape index (κ2) is 7.85. The fourth-order valence-corrected chi connectivity index (χ4v) is 2.87. The van der Waals surface area contributed by atoms with Gasteiger partial charge in [0.25, 0.3) is 0 Å². The number of hydrogen-bond donors (Lipinski definition) is 1. The highest BCUT2D eigenvalue weighted by Gasteiger charge is 2.27. The number of carbonyl (C=O) groups is 2. The maximum absolute atomic E-state index is 12.3. The minimum Gasteiger partial charge on any atom is -0.497 e. The van der Waals surface area contributed by atoms with Gasteiger partial charge in [0.15, 0.2) is 0 Å². The van der Waals surface area contributed by atoms with Crippen molar-refractivity contribution in [2.24, 2.45) is 0 Å². The summed E-state index contributed by atoms with van der Waals surface area (Å²) in [5.74, 6) is -0.104. The highest BCUT2D eigenvalue weighted by atomic mass is 16.5. The number of amides is 2. The molecule has 0 aromatic heterocycles. The van der Waals surface area contributed by atoms with Crippen LogP contribution >= 0.6 is 0 Å². The van der Waals surface area contributed by atoms with Gasteiger partial charge in [-0.25, -0.2) is 0 Å². The van der Waals surface area contributed by atoms with E-state index in [0.717, 1.165) is 25.7 Å². The summed E-state index contributed by atoms with van der Waals surface area (Å²) in [6.07, 6.45) is 5.34. The average Bonchev–Trinajstić information content (AvgIpc) is 2.61. The van der Waals surface area contributed by atoms with Gasteiger partial charge in [0, 0.05) is 19.2 Å². The van der Waals surface area contributed by atoms with Gasteiger partial charge in [-0.2, -0.15) is 0 Å². The van der Waals surface area contributed by atoms with Crippen LogP contribution in [0.1, 0.15) is 32.1 Å². The summed E-state index contributed by atoms with van der Waals surface area (Å²) in [6, 6.07) is 5.17. The van der Waals surface area contributed by atoms with Gasteiger partial charge in [-0.1, -0.05) is 19.3 Å². The number of methoxy groups -OCH3 is 2. The fourth-order valence-electron chi connectivity index (χ4n) is 2.87. The summed E-state index contributed by atoms with van der Waals surface area (Å²) in [5, 5.41) is 2.62. The highest BCUT2D eigenvalue weighted by molar-refractivity contribution is 6.39. The van der Waals surface area contributed by atoms with Crippen LogP contribution in [0.25, 0.3) is 0 Å². The lowest BCUT2D eigenvalue weighted by molar-refractivity contribution is -0.144. The van der Waals surface area contributed by atoms with Gasteiger partial charge in [-0.3, -0.25) is 9.59 Å². The Balaban J connectivity index is 2.04. The number of carbonyl (C=O) groups excluding carboxylic acids is 2. The SMILES string of the molecule is COc1ccc(NC(=O)C(=O)N(C)C2CCCCC2)c(OC)c1. The van der Waals surface area contributed by atoms with Crippen molar-refractivity contribution in [3.8, 4) is 11.5 Å². The largest absolute Gasteiger partial charge is 0.497 e. The predicted molar refractivity (Wildman–Crippen MR) is 87.8 cm³/mol. The van der Waals surface area contributed by atoms with Crippen LogP contribution in [0.15, 0.2) is 18.2 Å². The maximum atomic E-state index is 12.3. The lowest BCUT2D eigenvalue weighted by atomic mass is 9.94. The first-order chi connectivity index (χ1) is 11.1. The van der Waals surface area contributed by atoms with E-state index < -0.39 is 11.8 Å². The molecule has 1 aliphatic carbocycles. The summed E-state index contributed by atoms with van der Waals surface area (Å²) in [4.78, 5) is 26.1. The lowest BCUT2D eigenvalue weighted by Gasteiger charge is -2.30. The molecule has 0 aliphatic heterocycles. The third-order valence-corrected chi connectivity index (χ3v) is 4.29. The smallest absolute Gasteiger partial charge is 0.314 e. The van der Waals surface area contributed by atoms with Crippen LogP contribution in [-0.4, -0.2) is 44.0 Å². The minimum atomic E-state index is -0.651. The summed E-state index contributed by atoms with van der Waals surface area (Å²) < 4.78 is 10.3. The van der Waals surface area contributed by atoms with Gasteiger partial charge >= 0.3 is 11.8 Å². The molecule has 6 nitrogen and oxygen atoms in total. The van der Waals surface area contributed by atoms with Crippen molar-refractivity contribution in [2.75, 3.05) is 26.6 Å². The van der Waals surface area contributed by atoms with Crippen molar-refractivity contribution in [1.29, 1.82) is 0 Å². The molecule has 1 aliphatic rings. The Morgan fingerprint density at radius 2 is 1.83 bits per heavy atom. The fraction of sp³-hybridized carbons (Fsp3) is 0.529. The second-order valence-corrected chi connectivity index (χ2v) is 5.73. The first kappa shape index (κ1) is 17.1. The van der Waals surface area contributed by atoms with Crippen molar-refractivity contribution in [3.63, 3.8) is 0 Å². The van der Waals surface area contributed by atoms with Gasteiger partial charge in [0.2, 0.25) is 0 Å². The molecule has 0 radical (unpaired) electrons. The first-order valence-electron chi connectivity index (χ1n) is 7.87. The number of hydrogen-bond acceptors (Lipinski definition) is 4. The molecule has 0 heterocycles. The van der Waals surface area contributed by atoms with Crippen LogP contribution in [0.4, 0.5) is 5.69 Å². The molecular weight excluding hydrogens is 296 g/mol. The van der Waals surface area contributed by atoms with Gasteiger partial charge in [0.05, 0.1) is 19.9 Å². The zero-order chi connectivity index (χ0) is 16.8. The molecule has 1 saturated carbocycles. The Labute approximate surface area is 136 Å². The van der Waals surface area contributed by atoms with Crippen LogP contribution < -0.4 is 14.8 Å². The van der Waals surface area contributed by atoms with Crippen molar-refractivity contribution < 1.29 is 19.1 Å². The quantitative estimate of drug-likeness (QED) is 0.865. The van der Waals surface area contributed by atoms with E-state index in [9.17, 15) is 9.59 Å². The molecule has 2 rings (SSSR count). The van der Waals surface area contributed by atoms with Gasteiger partial charge in [0.1, 0.15) is 11.5 Å². The number of benzene rings is 1. The maximum Gasteiger partial charge on any atom is 0.314 e. The van der Waals surface area contributed by atoms with Gasteiger partial charge < -0.3 is 19.7 Å². The first-order valence-corrected chi connectivity index (χ1v) is 7.87. The number of anilines is 1. The Bertz CT molecular complexity index is 568. The number of nitrogens with one attached hydrogen (secondary N) is 1. The summed E-state index contributed by atoms with van der Waals surface area (Å²) in [5.41, 5.74) is 0.448. The van der Waals surface area contributed by atoms with E-state index in [2.05, 4.69) is 5.32 Å². The standard InChI is InChI=1S/C17H24N2O4/c1-19(12-7-5-4-6-8-12)17(21)16(20)18-14-10-9-13(22-2)11-15(14)23-3/h9-12H,4-8H2,1-3H3,(H,18,20). The van der Waals surface area contributed by atoms with Crippen molar-refractivity contribution in [3.05, 3.63) is 18.2 Å². The van der Waals surface area contributed by atoms with E-state index in [4.69, 9.17) is 9.47 Å². The summed E-state index contributed by atoms with van der Waals surface area (Å²) in [6.45, 7) is 0. The molecule has 1 aromatic rings. The van der Waals surface area contributed by atoms with E-state index in [1.54, 1.807) is 37.3 Å². The number of nitrogens with zero attached hydrogens (tertiary/aromatic N) is 1.